The molecule has 0 amide bonds. The van der Waals surface area contributed by atoms with E-state index in [1.165, 1.54) is 0 Å². The van der Waals surface area contributed by atoms with Gasteiger partial charge in [-0.15, -0.1) is 0 Å². The van der Waals surface area contributed by atoms with Gasteiger partial charge in [0.2, 0.25) is 0 Å². The van der Waals surface area contributed by atoms with Crippen molar-refractivity contribution in [3.8, 4) is 5.75 Å². The zero-order valence-corrected chi connectivity index (χ0v) is 15.0. The number of benzene rings is 2. The maximum atomic E-state index is 6.19. The van der Waals surface area contributed by atoms with Crippen LogP contribution in [0.5, 0.6) is 5.75 Å². The molecule has 2 aromatic carbocycles. The Labute approximate surface area is 140 Å². The van der Waals surface area contributed by atoms with Crippen LogP contribution in [0, 0.1) is 0 Å². The molecule has 0 saturated heterocycles. The van der Waals surface area contributed by atoms with E-state index >= 15 is 0 Å². The highest BCUT2D eigenvalue weighted by atomic mass is 79.9. The Morgan fingerprint density at radius 2 is 1.90 bits per heavy atom. The van der Waals surface area contributed by atoms with Crippen LogP contribution in [-0.2, 0) is 0 Å². The van der Waals surface area contributed by atoms with E-state index in [-0.39, 0.29) is 6.04 Å². The van der Waals surface area contributed by atoms with E-state index in [1.807, 2.05) is 36.4 Å². The van der Waals surface area contributed by atoms with Crippen LogP contribution in [-0.4, -0.2) is 7.11 Å². The fourth-order valence-electron chi connectivity index (χ4n) is 1.88. The number of hydrogen-bond donors (Lipinski definition) is 1. The van der Waals surface area contributed by atoms with Gasteiger partial charge in [0.1, 0.15) is 5.75 Å². The molecule has 5 heteroatoms. The topological polar surface area (TPSA) is 21.3 Å². The van der Waals surface area contributed by atoms with E-state index in [2.05, 4.69) is 44.1 Å². The number of halogens is 3. The zero-order chi connectivity index (χ0) is 14.7. The van der Waals surface area contributed by atoms with Gasteiger partial charge in [-0.3, -0.25) is 0 Å². The SMILES string of the molecule is COc1ccc(C(C)Nc2cc(Br)ccc2Cl)cc1Br. The summed E-state index contributed by atoms with van der Waals surface area (Å²) in [5.41, 5.74) is 2.05. The van der Waals surface area contributed by atoms with Crippen molar-refractivity contribution >= 4 is 49.1 Å². The third-order valence-electron chi connectivity index (χ3n) is 2.98. The first-order valence-electron chi connectivity index (χ1n) is 6.06. The quantitative estimate of drug-likeness (QED) is 0.652. The van der Waals surface area contributed by atoms with E-state index in [0.717, 1.165) is 25.9 Å². The fourth-order valence-corrected chi connectivity index (χ4v) is 2.97. The molecule has 0 aliphatic heterocycles. The third kappa shape index (κ3) is 3.68. The highest BCUT2D eigenvalue weighted by Crippen LogP contribution is 2.32. The van der Waals surface area contributed by atoms with Crippen LogP contribution in [0.4, 0.5) is 5.69 Å². The molecule has 0 radical (unpaired) electrons. The number of nitrogens with one attached hydrogen (secondary N) is 1. The second-order valence-corrected chi connectivity index (χ2v) is 6.56. The molecule has 0 aromatic heterocycles. The maximum Gasteiger partial charge on any atom is 0.133 e. The van der Waals surface area contributed by atoms with Crippen molar-refractivity contribution in [3.05, 3.63) is 55.9 Å². The van der Waals surface area contributed by atoms with Crippen molar-refractivity contribution in [2.24, 2.45) is 0 Å². The van der Waals surface area contributed by atoms with Crippen molar-refractivity contribution in [2.75, 3.05) is 12.4 Å². The normalized spacial score (nSPS) is 12.1. The minimum atomic E-state index is 0.129. The molecule has 0 saturated carbocycles. The molecule has 1 atom stereocenters. The van der Waals surface area contributed by atoms with Gasteiger partial charge in [0.25, 0.3) is 0 Å². The van der Waals surface area contributed by atoms with E-state index in [0.29, 0.717) is 5.02 Å². The Morgan fingerprint density at radius 1 is 1.15 bits per heavy atom. The zero-order valence-electron chi connectivity index (χ0n) is 11.1. The lowest BCUT2D eigenvalue weighted by Crippen LogP contribution is -2.07. The van der Waals surface area contributed by atoms with Crippen molar-refractivity contribution in [1.29, 1.82) is 0 Å². The van der Waals surface area contributed by atoms with Crippen LogP contribution in [0.1, 0.15) is 18.5 Å². The summed E-state index contributed by atoms with van der Waals surface area (Å²) in [6, 6.07) is 11.9. The monoisotopic (exact) mass is 417 g/mol. The molecule has 0 fully saturated rings. The Morgan fingerprint density at radius 3 is 2.55 bits per heavy atom. The Kier molecular flexibility index (Phi) is 5.35. The molecule has 0 spiro atoms. The lowest BCUT2D eigenvalue weighted by Gasteiger charge is -2.18. The molecule has 0 heterocycles. The van der Waals surface area contributed by atoms with Gasteiger partial charge in [-0.05, 0) is 58.7 Å². The van der Waals surface area contributed by atoms with Crippen LogP contribution in [0.3, 0.4) is 0 Å². The summed E-state index contributed by atoms with van der Waals surface area (Å²) in [5, 5.41) is 4.11. The molecule has 2 aromatic rings. The molecule has 106 valence electrons. The fraction of sp³-hybridized carbons (Fsp3) is 0.200. The van der Waals surface area contributed by atoms with E-state index in [1.54, 1.807) is 7.11 Å². The molecule has 2 rings (SSSR count). The Hall–Kier alpha value is -0.710. The predicted octanol–water partition coefficient (Wildman–Crippen LogP) is 6.05. The molecule has 0 aliphatic carbocycles. The molecular formula is C15H14Br2ClNO. The lowest BCUT2D eigenvalue weighted by atomic mass is 10.1. The third-order valence-corrected chi connectivity index (χ3v) is 4.42. The summed E-state index contributed by atoms with van der Waals surface area (Å²) in [6.07, 6.45) is 0. The Balaban J connectivity index is 2.21. The number of anilines is 1. The van der Waals surface area contributed by atoms with Gasteiger partial charge < -0.3 is 10.1 Å². The van der Waals surface area contributed by atoms with Crippen LogP contribution < -0.4 is 10.1 Å². The van der Waals surface area contributed by atoms with Crippen LogP contribution in [0.15, 0.2) is 45.3 Å². The standard InChI is InChI=1S/C15H14Br2ClNO/c1-9(10-3-6-15(20-2)12(17)7-10)19-14-8-11(16)4-5-13(14)18/h3-9,19H,1-2H3. The summed E-state index contributed by atoms with van der Waals surface area (Å²) in [6.45, 7) is 2.09. The number of hydrogen-bond acceptors (Lipinski definition) is 2. The summed E-state index contributed by atoms with van der Waals surface area (Å²) >= 11 is 13.1. The number of ether oxygens (including phenoxy) is 1. The summed E-state index contributed by atoms with van der Waals surface area (Å²) in [5.74, 6) is 0.821. The Bertz CT molecular complexity index is 619. The largest absolute Gasteiger partial charge is 0.496 e. The number of rotatable bonds is 4. The van der Waals surface area contributed by atoms with Crippen molar-refractivity contribution < 1.29 is 4.74 Å². The van der Waals surface area contributed by atoms with E-state index in [4.69, 9.17) is 16.3 Å². The van der Waals surface area contributed by atoms with Gasteiger partial charge >= 0.3 is 0 Å². The second kappa shape index (κ2) is 6.83. The summed E-state index contributed by atoms with van der Waals surface area (Å²) < 4.78 is 7.17. The highest BCUT2D eigenvalue weighted by Gasteiger charge is 2.10. The van der Waals surface area contributed by atoms with Gasteiger partial charge in [-0.25, -0.2) is 0 Å². The smallest absolute Gasteiger partial charge is 0.133 e. The van der Waals surface area contributed by atoms with Crippen molar-refractivity contribution in [3.63, 3.8) is 0 Å². The molecule has 0 bridgehead atoms. The first-order valence-corrected chi connectivity index (χ1v) is 8.02. The molecule has 0 aliphatic rings. The molecule has 20 heavy (non-hydrogen) atoms. The van der Waals surface area contributed by atoms with Gasteiger partial charge in [0.05, 0.1) is 22.3 Å². The first kappa shape index (κ1) is 15.7. The van der Waals surface area contributed by atoms with Crippen LogP contribution in [0.2, 0.25) is 5.02 Å². The van der Waals surface area contributed by atoms with E-state index in [9.17, 15) is 0 Å². The molecular weight excluding hydrogens is 405 g/mol. The average molecular weight is 420 g/mol. The van der Waals surface area contributed by atoms with E-state index < -0.39 is 0 Å². The second-order valence-electron chi connectivity index (χ2n) is 4.38. The minimum Gasteiger partial charge on any atom is -0.496 e. The molecule has 1 unspecified atom stereocenters. The maximum absolute atomic E-state index is 6.19. The van der Waals surface area contributed by atoms with Gasteiger partial charge in [0, 0.05) is 10.5 Å². The van der Waals surface area contributed by atoms with Crippen LogP contribution in [0.25, 0.3) is 0 Å². The lowest BCUT2D eigenvalue weighted by molar-refractivity contribution is 0.412. The summed E-state index contributed by atoms with van der Waals surface area (Å²) in [4.78, 5) is 0. The van der Waals surface area contributed by atoms with Crippen LogP contribution >= 0.6 is 43.5 Å². The highest BCUT2D eigenvalue weighted by molar-refractivity contribution is 9.10. The number of methoxy groups -OCH3 is 1. The minimum absolute atomic E-state index is 0.129. The average Bonchev–Trinajstić information content (AvgIpc) is 2.42. The predicted molar refractivity (Wildman–Crippen MR) is 91.9 cm³/mol. The van der Waals surface area contributed by atoms with Crippen molar-refractivity contribution in [1.82, 2.24) is 0 Å². The molecule has 1 N–H and O–H groups in total. The van der Waals surface area contributed by atoms with Crippen molar-refractivity contribution in [2.45, 2.75) is 13.0 Å². The summed E-state index contributed by atoms with van der Waals surface area (Å²) in [7, 11) is 1.66. The van der Waals surface area contributed by atoms with Gasteiger partial charge in [-0.1, -0.05) is 33.6 Å². The van der Waals surface area contributed by atoms with Gasteiger partial charge in [-0.2, -0.15) is 0 Å². The molecule has 2 nitrogen and oxygen atoms in total. The first-order chi connectivity index (χ1) is 9.51. The van der Waals surface area contributed by atoms with Gasteiger partial charge in [0.15, 0.2) is 0 Å².